The van der Waals surface area contributed by atoms with Gasteiger partial charge < -0.3 is 9.64 Å². The first-order valence-corrected chi connectivity index (χ1v) is 4.71. The van der Waals surface area contributed by atoms with Crippen LogP contribution < -0.4 is 0 Å². The molecule has 0 radical (unpaired) electrons. The van der Waals surface area contributed by atoms with Gasteiger partial charge in [0, 0.05) is 18.9 Å². The van der Waals surface area contributed by atoms with Crippen LogP contribution in [-0.2, 0) is 4.74 Å². The summed E-state index contributed by atoms with van der Waals surface area (Å²) in [6.07, 6.45) is -0.323. The Morgan fingerprint density at radius 1 is 1.73 bits per heavy atom. The third-order valence-corrected chi connectivity index (χ3v) is 2.22. The largest absolute Gasteiger partial charge is 0.446 e. The van der Waals surface area contributed by atoms with Crippen molar-refractivity contribution in [2.24, 2.45) is 0 Å². The third kappa shape index (κ3) is 4.24. The van der Waals surface area contributed by atoms with Gasteiger partial charge in [0.25, 0.3) is 0 Å². The zero-order chi connectivity index (χ0) is 8.85. The smallest absolute Gasteiger partial charge is 0.409 e. The summed E-state index contributed by atoms with van der Waals surface area (Å²) in [4.78, 5) is 12.6. The predicted octanol–water partition coefficient (Wildman–Crippen LogP) is 1.86. The summed E-state index contributed by atoms with van der Waals surface area (Å²) in [6.45, 7) is 4.42. The van der Waals surface area contributed by atoms with Crippen LogP contribution in [0.3, 0.4) is 0 Å². The van der Waals surface area contributed by atoms with Crippen LogP contribution in [0.25, 0.3) is 0 Å². The highest BCUT2D eigenvalue weighted by molar-refractivity contribution is 9.09. The minimum absolute atomic E-state index is 0.0588. The minimum atomic E-state index is -0.264. The van der Waals surface area contributed by atoms with E-state index in [9.17, 15) is 4.79 Å². The number of carbonyl (C=O) groups is 1. The maximum Gasteiger partial charge on any atom is 0.409 e. The number of amides is 1. The summed E-state index contributed by atoms with van der Waals surface area (Å²) in [5.41, 5.74) is 0. The molecule has 0 aromatic rings. The number of alkyl halides is 1. The average Bonchev–Trinajstić information content (AvgIpc) is 2.02. The predicted molar refractivity (Wildman–Crippen MR) is 48.0 cm³/mol. The Morgan fingerprint density at radius 2 is 2.27 bits per heavy atom. The second-order valence-corrected chi connectivity index (χ2v) is 3.01. The molecule has 0 aliphatic rings. The molecule has 0 aliphatic heterocycles. The van der Waals surface area contributed by atoms with E-state index in [4.69, 9.17) is 4.74 Å². The highest BCUT2D eigenvalue weighted by Crippen LogP contribution is 1.99. The van der Waals surface area contributed by atoms with Crippen molar-refractivity contribution in [2.75, 3.05) is 18.9 Å². The molecule has 0 aliphatic carbocycles. The van der Waals surface area contributed by atoms with Crippen molar-refractivity contribution >= 4 is 22.0 Å². The molecule has 0 rings (SSSR count). The molecule has 1 unspecified atom stereocenters. The minimum Gasteiger partial charge on any atom is -0.446 e. The van der Waals surface area contributed by atoms with E-state index < -0.39 is 0 Å². The fourth-order valence-corrected chi connectivity index (χ4v) is 0.555. The Labute approximate surface area is 75.8 Å². The number of carbonyl (C=O) groups excluding carboxylic acids is 1. The van der Waals surface area contributed by atoms with Gasteiger partial charge in [0.1, 0.15) is 6.10 Å². The van der Waals surface area contributed by atoms with Gasteiger partial charge in [0.05, 0.1) is 0 Å². The van der Waals surface area contributed by atoms with E-state index in [1.165, 1.54) is 4.90 Å². The van der Waals surface area contributed by atoms with E-state index in [0.29, 0.717) is 11.9 Å². The first-order valence-electron chi connectivity index (χ1n) is 3.59. The molecule has 0 aromatic carbocycles. The molecule has 3 nitrogen and oxygen atoms in total. The lowest BCUT2D eigenvalue weighted by molar-refractivity contribution is 0.0876. The van der Waals surface area contributed by atoms with E-state index in [1.54, 1.807) is 7.05 Å². The van der Waals surface area contributed by atoms with Crippen LogP contribution in [0.5, 0.6) is 0 Å². The molecule has 4 heteroatoms. The number of ether oxygens (including phenoxy) is 1. The molecule has 66 valence electrons. The highest BCUT2D eigenvalue weighted by atomic mass is 79.9. The molecule has 0 saturated heterocycles. The van der Waals surface area contributed by atoms with Gasteiger partial charge in [-0.25, -0.2) is 4.79 Å². The molecular formula is C7H14BrNO2. The molecule has 1 amide bonds. The van der Waals surface area contributed by atoms with Gasteiger partial charge in [-0.1, -0.05) is 15.9 Å². The van der Waals surface area contributed by atoms with Gasteiger partial charge in [0.15, 0.2) is 0 Å². The first-order chi connectivity index (χ1) is 5.11. The molecule has 0 spiro atoms. The molecule has 0 bridgehead atoms. The van der Waals surface area contributed by atoms with Crippen molar-refractivity contribution in [2.45, 2.75) is 20.0 Å². The van der Waals surface area contributed by atoms with Crippen LogP contribution in [-0.4, -0.2) is 36.0 Å². The van der Waals surface area contributed by atoms with Gasteiger partial charge >= 0.3 is 6.09 Å². The van der Waals surface area contributed by atoms with Crippen LogP contribution in [0.4, 0.5) is 4.79 Å². The van der Waals surface area contributed by atoms with Gasteiger partial charge in [-0.3, -0.25) is 0 Å². The Hall–Kier alpha value is -0.250. The summed E-state index contributed by atoms with van der Waals surface area (Å²) in [7, 11) is 1.71. The standard InChI is InChI=1S/C7H14BrNO2/c1-4-9(3)7(10)11-6(2)5-8/h6H,4-5H2,1-3H3. The van der Waals surface area contributed by atoms with E-state index >= 15 is 0 Å². The molecule has 0 heterocycles. The van der Waals surface area contributed by atoms with Crippen molar-refractivity contribution in [3.8, 4) is 0 Å². The van der Waals surface area contributed by atoms with Gasteiger partial charge in [-0.2, -0.15) is 0 Å². The lowest BCUT2D eigenvalue weighted by Gasteiger charge is -2.17. The number of hydrogen-bond acceptors (Lipinski definition) is 2. The number of nitrogens with zero attached hydrogens (tertiary/aromatic N) is 1. The maximum atomic E-state index is 11.0. The monoisotopic (exact) mass is 223 g/mol. The van der Waals surface area contributed by atoms with Crippen LogP contribution in [0, 0.1) is 0 Å². The van der Waals surface area contributed by atoms with Crippen LogP contribution in [0.15, 0.2) is 0 Å². The fraction of sp³-hybridized carbons (Fsp3) is 0.857. The fourth-order valence-electron chi connectivity index (χ4n) is 0.423. The summed E-state index contributed by atoms with van der Waals surface area (Å²) in [6, 6.07) is 0. The summed E-state index contributed by atoms with van der Waals surface area (Å²) in [5, 5.41) is 0.677. The molecule has 0 fully saturated rings. The maximum absolute atomic E-state index is 11.0. The van der Waals surface area contributed by atoms with Crippen molar-refractivity contribution in [1.29, 1.82) is 0 Å². The van der Waals surface area contributed by atoms with Crippen LogP contribution in [0.2, 0.25) is 0 Å². The third-order valence-electron chi connectivity index (χ3n) is 1.31. The van der Waals surface area contributed by atoms with Gasteiger partial charge in [-0.05, 0) is 13.8 Å². The van der Waals surface area contributed by atoms with Crippen molar-refractivity contribution in [3.63, 3.8) is 0 Å². The lowest BCUT2D eigenvalue weighted by atomic mass is 10.5. The normalized spacial score (nSPS) is 12.4. The highest BCUT2D eigenvalue weighted by Gasteiger charge is 2.10. The molecule has 0 saturated carbocycles. The molecule has 11 heavy (non-hydrogen) atoms. The van der Waals surface area contributed by atoms with Crippen LogP contribution in [0.1, 0.15) is 13.8 Å². The quantitative estimate of drug-likeness (QED) is 0.684. The van der Waals surface area contributed by atoms with E-state index in [0.717, 1.165) is 0 Å². The zero-order valence-electron chi connectivity index (χ0n) is 7.13. The molecular weight excluding hydrogens is 210 g/mol. The lowest BCUT2D eigenvalue weighted by Crippen LogP contribution is -2.30. The number of rotatable bonds is 3. The van der Waals surface area contributed by atoms with E-state index in [1.807, 2.05) is 13.8 Å². The molecule has 0 N–H and O–H groups in total. The summed E-state index contributed by atoms with van der Waals surface area (Å²) in [5.74, 6) is 0. The average molecular weight is 224 g/mol. The van der Waals surface area contributed by atoms with Crippen molar-refractivity contribution in [1.82, 2.24) is 4.90 Å². The molecule has 0 aromatic heterocycles. The second kappa shape index (κ2) is 5.41. The van der Waals surface area contributed by atoms with E-state index in [2.05, 4.69) is 15.9 Å². The Balaban J connectivity index is 3.68. The van der Waals surface area contributed by atoms with Gasteiger partial charge in [-0.15, -0.1) is 0 Å². The summed E-state index contributed by atoms with van der Waals surface area (Å²) >= 11 is 3.22. The van der Waals surface area contributed by atoms with Gasteiger partial charge in [0.2, 0.25) is 0 Å². The second-order valence-electron chi connectivity index (χ2n) is 2.36. The van der Waals surface area contributed by atoms with E-state index in [-0.39, 0.29) is 12.2 Å². The Morgan fingerprint density at radius 3 is 2.64 bits per heavy atom. The van der Waals surface area contributed by atoms with Crippen molar-refractivity contribution in [3.05, 3.63) is 0 Å². The Kier molecular flexibility index (Phi) is 5.28. The SMILES string of the molecule is CCN(C)C(=O)OC(C)CBr. The Bertz CT molecular complexity index is 130. The molecule has 1 atom stereocenters. The summed E-state index contributed by atoms with van der Waals surface area (Å²) < 4.78 is 4.99. The first kappa shape index (κ1) is 10.8. The van der Waals surface area contributed by atoms with Crippen LogP contribution >= 0.6 is 15.9 Å². The number of hydrogen-bond donors (Lipinski definition) is 0. The topological polar surface area (TPSA) is 29.5 Å². The van der Waals surface area contributed by atoms with Crippen molar-refractivity contribution < 1.29 is 9.53 Å². The number of halogens is 1. The zero-order valence-corrected chi connectivity index (χ0v) is 8.72.